The van der Waals surface area contributed by atoms with E-state index in [4.69, 9.17) is 14.7 Å². The molecule has 1 aromatic carbocycles. The van der Waals surface area contributed by atoms with Gasteiger partial charge in [-0.05, 0) is 25.0 Å². The number of aromatic nitrogens is 6. The van der Waals surface area contributed by atoms with Crippen LogP contribution in [0.15, 0.2) is 42.7 Å². The van der Waals surface area contributed by atoms with E-state index in [0.29, 0.717) is 30.4 Å². The molecule has 0 radical (unpaired) electrons. The third-order valence-corrected chi connectivity index (χ3v) is 6.23. The number of aromatic amines is 1. The first kappa shape index (κ1) is 18.9. The number of H-pyrrole nitrogens is 1. The zero-order valence-electron chi connectivity index (χ0n) is 17.5. The van der Waals surface area contributed by atoms with Crippen LogP contribution in [0.25, 0.3) is 28.1 Å². The monoisotopic (exact) mass is 430 g/mol. The van der Waals surface area contributed by atoms with Gasteiger partial charge in [0.1, 0.15) is 0 Å². The van der Waals surface area contributed by atoms with Crippen molar-refractivity contribution in [3.05, 3.63) is 48.3 Å². The lowest BCUT2D eigenvalue weighted by atomic mass is 10.1. The Labute approximate surface area is 183 Å². The highest BCUT2D eigenvalue weighted by atomic mass is 16.5. The van der Waals surface area contributed by atoms with Crippen LogP contribution in [0.4, 0.5) is 5.95 Å². The van der Waals surface area contributed by atoms with Crippen LogP contribution in [-0.4, -0.2) is 68.2 Å². The van der Waals surface area contributed by atoms with Crippen LogP contribution in [0, 0.1) is 0 Å². The molecule has 32 heavy (non-hydrogen) atoms. The molecule has 0 saturated carbocycles. The number of nitrogens with one attached hydrogen (secondary N) is 2. The lowest BCUT2D eigenvalue weighted by molar-refractivity contribution is 0.0898. The molecule has 10 nitrogen and oxygen atoms in total. The van der Waals surface area contributed by atoms with E-state index in [1.807, 2.05) is 24.3 Å². The summed E-state index contributed by atoms with van der Waals surface area (Å²) in [5.41, 5.74) is 2.84. The molecule has 6 rings (SSSR count). The van der Waals surface area contributed by atoms with Gasteiger partial charge in [0, 0.05) is 24.2 Å². The summed E-state index contributed by atoms with van der Waals surface area (Å²) in [7, 11) is 1.62. The Balaban J connectivity index is 1.57. The predicted octanol–water partition coefficient (Wildman–Crippen LogP) is 1.93. The Morgan fingerprint density at radius 1 is 1.19 bits per heavy atom. The summed E-state index contributed by atoms with van der Waals surface area (Å²) in [6.07, 6.45) is 5.57. The average Bonchev–Trinajstić information content (AvgIpc) is 3.56. The number of morpholine rings is 1. The van der Waals surface area contributed by atoms with Crippen LogP contribution in [-0.2, 0) is 4.74 Å². The molecule has 2 saturated heterocycles. The number of rotatable bonds is 4. The van der Waals surface area contributed by atoms with E-state index in [0.717, 1.165) is 35.3 Å². The fourth-order valence-electron chi connectivity index (χ4n) is 4.68. The zero-order valence-corrected chi connectivity index (χ0v) is 17.5. The van der Waals surface area contributed by atoms with Crippen molar-refractivity contribution < 1.29 is 9.53 Å². The number of nitrogens with zero attached hydrogens (tertiary/aromatic N) is 6. The predicted molar refractivity (Wildman–Crippen MR) is 118 cm³/mol. The van der Waals surface area contributed by atoms with Gasteiger partial charge in [-0.15, -0.1) is 0 Å². The second kappa shape index (κ2) is 7.41. The largest absolute Gasteiger partial charge is 0.377 e. The summed E-state index contributed by atoms with van der Waals surface area (Å²) in [6.45, 7) is 1.36. The fraction of sp³-hybridized carbons (Fsp3) is 0.318. The molecule has 4 aromatic rings. The molecule has 2 fully saturated rings. The SMILES string of the molecule is CNC(=O)c1cccc(-c2nc(N3C4CCC3COC4)nc3c2cnn3-c2ccn[nH]2)c1. The van der Waals surface area contributed by atoms with Crippen LogP contribution in [0.1, 0.15) is 23.2 Å². The van der Waals surface area contributed by atoms with Gasteiger partial charge in [-0.3, -0.25) is 9.89 Å². The first-order valence-electron chi connectivity index (χ1n) is 10.7. The van der Waals surface area contributed by atoms with Crippen LogP contribution in [0.3, 0.4) is 0 Å². The molecule has 2 bridgehead atoms. The van der Waals surface area contributed by atoms with Crippen molar-refractivity contribution in [1.82, 2.24) is 35.3 Å². The highest BCUT2D eigenvalue weighted by Gasteiger charge is 2.39. The molecule has 2 N–H and O–H groups in total. The number of hydrogen-bond acceptors (Lipinski definition) is 7. The second-order valence-electron chi connectivity index (χ2n) is 8.10. The van der Waals surface area contributed by atoms with Gasteiger partial charge < -0.3 is 15.0 Å². The van der Waals surface area contributed by atoms with Crippen molar-refractivity contribution in [3.63, 3.8) is 0 Å². The Kier molecular flexibility index (Phi) is 4.39. The van der Waals surface area contributed by atoms with Gasteiger partial charge in [0.05, 0.1) is 48.8 Å². The van der Waals surface area contributed by atoms with E-state index in [2.05, 4.69) is 25.5 Å². The number of amides is 1. The van der Waals surface area contributed by atoms with Crippen molar-refractivity contribution in [3.8, 4) is 17.1 Å². The minimum atomic E-state index is -0.142. The first-order valence-corrected chi connectivity index (χ1v) is 10.7. The fourth-order valence-corrected chi connectivity index (χ4v) is 4.68. The van der Waals surface area contributed by atoms with Crippen LogP contribution >= 0.6 is 0 Å². The van der Waals surface area contributed by atoms with Gasteiger partial charge in [0.2, 0.25) is 5.95 Å². The molecule has 3 aromatic heterocycles. The molecule has 0 aliphatic carbocycles. The maximum atomic E-state index is 12.2. The van der Waals surface area contributed by atoms with Gasteiger partial charge in [-0.25, -0.2) is 4.98 Å². The van der Waals surface area contributed by atoms with Gasteiger partial charge in [0.15, 0.2) is 11.5 Å². The minimum Gasteiger partial charge on any atom is -0.377 e. The van der Waals surface area contributed by atoms with E-state index < -0.39 is 0 Å². The number of ether oxygens (including phenoxy) is 1. The summed E-state index contributed by atoms with van der Waals surface area (Å²) in [4.78, 5) is 24.5. The van der Waals surface area contributed by atoms with E-state index in [1.165, 1.54) is 0 Å². The number of anilines is 1. The molecule has 162 valence electrons. The van der Waals surface area contributed by atoms with Crippen molar-refractivity contribution in [1.29, 1.82) is 0 Å². The smallest absolute Gasteiger partial charge is 0.251 e. The maximum Gasteiger partial charge on any atom is 0.251 e. The van der Waals surface area contributed by atoms with Gasteiger partial charge in [0.25, 0.3) is 5.91 Å². The van der Waals surface area contributed by atoms with Gasteiger partial charge in [-0.2, -0.15) is 19.9 Å². The molecule has 2 aliphatic heterocycles. The summed E-state index contributed by atoms with van der Waals surface area (Å²) < 4.78 is 7.50. The van der Waals surface area contributed by atoms with Crippen molar-refractivity contribution in [2.75, 3.05) is 25.2 Å². The number of carbonyl (C=O) groups is 1. The molecule has 10 heteroatoms. The highest BCUT2D eigenvalue weighted by molar-refractivity contribution is 5.97. The Bertz CT molecular complexity index is 1280. The van der Waals surface area contributed by atoms with Gasteiger partial charge >= 0.3 is 0 Å². The van der Waals surface area contributed by atoms with Crippen molar-refractivity contribution in [2.45, 2.75) is 24.9 Å². The maximum absolute atomic E-state index is 12.2. The topological polar surface area (TPSA) is 114 Å². The molecule has 0 spiro atoms. The molecule has 1 amide bonds. The third kappa shape index (κ3) is 2.94. The van der Waals surface area contributed by atoms with Crippen LogP contribution in [0.2, 0.25) is 0 Å². The summed E-state index contributed by atoms with van der Waals surface area (Å²) in [5, 5.41) is 15.0. The number of benzene rings is 1. The standard InChI is InChI=1S/C22H22N8O2/c1-23-21(31)14-4-2-3-13(9-14)19-17-10-25-30(18-7-8-24-28-18)20(17)27-22(26-19)29-15-5-6-16(29)12-32-11-15/h2-4,7-10,15-16H,5-6,11-12H2,1H3,(H,23,31)(H,24,28). The normalized spacial score (nSPS) is 20.1. The van der Waals surface area contributed by atoms with E-state index >= 15 is 0 Å². The lowest BCUT2D eigenvalue weighted by Crippen LogP contribution is -2.46. The van der Waals surface area contributed by atoms with Gasteiger partial charge in [-0.1, -0.05) is 12.1 Å². The molecule has 5 heterocycles. The summed E-state index contributed by atoms with van der Waals surface area (Å²) in [6, 6.07) is 9.84. The number of fused-ring (bicyclic) bond motifs is 3. The Hall–Kier alpha value is -3.79. The van der Waals surface area contributed by atoms with E-state index in [9.17, 15) is 4.79 Å². The molecule has 2 atom stereocenters. The number of carbonyl (C=O) groups excluding carboxylic acids is 1. The molecular weight excluding hydrogens is 408 g/mol. The zero-order chi connectivity index (χ0) is 21.7. The molecular formula is C22H22N8O2. The van der Waals surface area contributed by atoms with E-state index in [1.54, 1.807) is 30.2 Å². The van der Waals surface area contributed by atoms with Crippen molar-refractivity contribution in [2.24, 2.45) is 0 Å². The second-order valence-corrected chi connectivity index (χ2v) is 8.10. The average molecular weight is 430 g/mol. The quantitative estimate of drug-likeness (QED) is 0.508. The Morgan fingerprint density at radius 3 is 2.78 bits per heavy atom. The van der Waals surface area contributed by atoms with Crippen LogP contribution < -0.4 is 10.2 Å². The third-order valence-electron chi connectivity index (χ3n) is 6.23. The summed E-state index contributed by atoms with van der Waals surface area (Å²) in [5.74, 6) is 1.24. The van der Waals surface area contributed by atoms with Crippen LogP contribution in [0.5, 0.6) is 0 Å². The molecule has 2 unspecified atom stereocenters. The number of hydrogen-bond donors (Lipinski definition) is 2. The lowest BCUT2D eigenvalue weighted by Gasteiger charge is -2.34. The van der Waals surface area contributed by atoms with Crippen molar-refractivity contribution >= 4 is 22.9 Å². The Morgan fingerprint density at radius 2 is 2.03 bits per heavy atom. The minimum absolute atomic E-state index is 0.142. The summed E-state index contributed by atoms with van der Waals surface area (Å²) >= 11 is 0. The molecule has 2 aliphatic rings. The van der Waals surface area contributed by atoms with E-state index in [-0.39, 0.29) is 18.0 Å². The first-order chi connectivity index (χ1) is 15.7. The highest BCUT2D eigenvalue weighted by Crippen LogP contribution is 2.35.